The molecule has 4 nitrogen and oxygen atoms in total. The maximum absolute atomic E-state index is 10.4. The van der Waals surface area contributed by atoms with Crippen molar-refractivity contribution in [3.05, 3.63) is 27.7 Å². The fraction of sp³-hybridized carbons (Fsp3) is 0.111. The summed E-state index contributed by atoms with van der Waals surface area (Å²) in [6, 6.07) is 3.54. The summed E-state index contributed by atoms with van der Waals surface area (Å²) in [5, 5.41) is 14.2. The molecule has 0 unspecified atom stereocenters. The van der Waals surface area contributed by atoms with Crippen LogP contribution in [0, 0.1) is 0 Å². The fourth-order valence-corrected chi connectivity index (χ4v) is 2.48. The molecule has 2 rings (SSSR count). The Bertz CT molecular complexity index is 491. The van der Waals surface area contributed by atoms with Crippen LogP contribution in [0.15, 0.2) is 26.5 Å². The molecule has 0 aromatic carbocycles. The summed E-state index contributed by atoms with van der Waals surface area (Å²) in [6.45, 7) is 0. The molecular weight excluding hydrogens is 282 g/mol. The molecule has 0 atom stereocenters. The van der Waals surface area contributed by atoms with Crippen molar-refractivity contribution in [2.24, 2.45) is 0 Å². The Morgan fingerprint density at radius 2 is 2.40 bits per heavy atom. The number of halogens is 1. The molecule has 2 heterocycles. The minimum Gasteiger partial charge on any atom is -0.481 e. The van der Waals surface area contributed by atoms with E-state index in [1.165, 1.54) is 11.3 Å². The zero-order valence-electron chi connectivity index (χ0n) is 7.44. The molecule has 0 saturated carbocycles. The largest absolute Gasteiger partial charge is 0.481 e. The molecule has 0 bridgehead atoms. The number of carboxylic acids is 1. The summed E-state index contributed by atoms with van der Waals surface area (Å²) >= 11 is 4.84. The summed E-state index contributed by atoms with van der Waals surface area (Å²) in [5.74, 6) is -0.316. The van der Waals surface area contributed by atoms with Crippen LogP contribution < -0.4 is 0 Å². The first-order valence-corrected chi connectivity index (χ1v) is 5.74. The highest BCUT2D eigenvalue weighted by atomic mass is 79.9. The van der Waals surface area contributed by atoms with Gasteiger partial charge in [0, 0.05) is 15.9 Å². The first-order valence-electron chi connectivity index (χ1n) is 4.07. The Hall–Kier alpha value is -1.14. The van der Waals surface area contributed by atoms with E-state index in [-0.39, 0.29) is 6.42 Å². The zero-order valence-corrected chi connectivity index (χ0v) is 9.84. The van der Waals surface area contributed by atoms with E-state index < -0.39 is 5.97 Å². The van der Waals surface area contributed by atoms with Crippen LogP contribution in [0.1, 0.15) is 5.69 Å². The van der Waals surface area contributed by atoms with Crippen LogP contribution >= 0.6 is 27.3 Å². The normalized spacial score (nSPS) is 10.5. The average Bonchev–Trinajstić information content (AvgIpc) is 2.72. The minimum absolute atomic E-state index is 0.115. The number of aliphatic carboxylic acids is 1. The molecule has 0 aliphatic carbocycles. The first kappa shape index (κ1) is 10.4. The van der Waals surface area contributed by atoms with E-state index in [1.807, 2.05) is 11.4 Å². The number of carbonyl (C=O) groups is 1. The number of aromatic nitrogens is 1. The summed E-state index contributed by atoms with van der Waals surface area (Å²) in [7, 11) is 0. The molecule has 0 amide bonds. The number of hydrogen-bond donors (Lipinski definition) is 1. The Kier molecular flexibility index (Phi) is 2.88. The van der Waals surface area contributed by atoms with Crippen molar-refractivity contribution in [2.75, 3.05) is 0 Å². The second-order valence-electron chi connectivity index (χ2n) is 2.88. The zero-order chi connectivity index (χ0) is 10.8. The quantitative estimate of drug-likeness (QED) is 0.943. The minimum atomic E-state index is -0.915. The van der Waals surface area contributed by atoms with E-state index in [4.69, 9.17) is 9.63 Å². The number of hydrogen-bond acceptors (Lipinski definition) is 4. The maximum Gasteiger partial charge on any atom is 0.309 e. The van der Waals surface area contributed by atoms with Gasteiger partial charge in [0.25, 0.3) is 0 Å². The molecule has 0 saturated heterocycles. The van der Waals surface area contributed by atoms with E-state index in [9.17, 15) is 4.79 Å². The summed E-state index contributed by atoms with van der Waals surface area (Å²) < 4.78 is 6.01. The van der Waals surface area contributed by atoms with Gasteiger partial charge < -0.3 is 9.63 Å². The van der Waals surface area contributed by atoms with E-state index in [2.05, 4.69) is 21.1 Å². The Labute approximate surface area is 97.6 Å². The molecule has 78 valence electrons. The highest BCUT2D eigenvalue weighted by Crippen LogP contribution is 2.30. The van der Waals surface area contributed by atoms with Crippen LogP contribution in [0.3, 0.4) is 0 Å². The van der Waals surface area contributed by atoms with Gasteiger partial charge in [-0.05, 0) is 22.0 Å². The second-order valence-corrected chi connectivity index (χ2v) is 4.71. The van der Waals surface area contributed by atoms with Crippen molar-refractivity contribution in [1.82, 2.24) is 5.16 Å². The van der Waals surface area contributed by atoms with Gasteiger partial charge in [-0.2, -0.15) is 0 Å². The third kappa shape index (κ3) is 2.45. The molecule has 15 heavy (non-hydrogen) atoms. The number of rotatable bonds is 3. The molecule has 0 radical (unpaired) electrons. The third-order valence-corrected chi connectivity index (χ3v) is 3.41. The summed E-state index contributed by atoms with van der Waals surface area (Å²) in [6.07, 6.45) is -0.115. The lowest BCUT2D eigenvalue weighted by atomic mass is 10.3. The maximum atomic E-state index is 10.4. The van der Waals surface area contributed by atoms with Crippen molar-refractivity contribution >= 4 is 33.2 Å². The molecule has 2 aromatic rings. The van der Waals surface area contributed by atoms with E-state index in [0.717, 1.165) is 9.35 Å². The molecule has 0 aliphatic heterocycles. The molecule has 0 aliphatic rings. The van der Waals surface area contributed by atoms with Crippen molar-refractivity contribution in [2.45, 2.75) is 6.42 Å². The number of nitrogens with zero attached hydrogens (tertiary/aromatic N) is 1. The molecule has 2 aromatic heterocycles. The van der Waals surface area contributed by atoms with Crippen molar-refractivity contribution in [3.8, 4) is 10.6 Å². The first-order chi connectivity index (χ1) is 7.15. The van der Waals surface area contributed by atoms with Gasteiger partial charge in [-0.3, -0.25) is 4.79 Å². The number of carboxylic acid groups (broad SMARTS) is 1. The lowest BCUT2D eigenvalue weighted by Gasteiger charge is -1.84. The molecule has 1 N–H and O–H groups in total. The predicted octanol–water partition coefficient (Wildman–Crippen LogP) is 2.79. The number of thiophene rings is 1. The SMILES string of the molecule is O=C(O)Cc1cc(-c2cc(Br)cs2)on1. The summed E-state index contributed by atoms with van der Waals surface area (Å²) in [4.78, 5) is 11.4. The third-order valence-electron chi connectivity index (χ3n) is 1.70. The van der Waals surface area contributed by atoms with Crippen molar-refractivity contribution in [1.29, 1.82) is 0 Å². The van der Waals surface area contributed by atoms with E-state index in [0.29, 0.717) is 11.5 Å². The molecule has 6 heteroatoms. The summed E-state index contributed by atoms with van der Waals surface area (Å²) in [5.41, 5.74) is 0.432. The van der Waals surface area contributed by atoms with Crippen LogP contribution in [0.4, 0.5) is 0 Å². The topological polar surface area (TPSA) is 63.3 Å². The standard InChI is InChI=1S/C9H6BrNO3S/c10-5-1-8(15-4-5)7-2-6(11-14-7)3-9(12)13/h1-2,4H,3H2,(H,12,13). The van der Waals surface area contributed by atoms with Gasteiger partial charge in [-0.25, -0.2) is 0 Å². The molecule has 0 fully saturated rings. The van der Waals surface area contributed by atoms with Gasteiger partial charge in [0.15, 0.2) is 5.76 Å². The van der Waals surface area contributed by atoms with Crippen molar-refractivity contribution < 1.29 is 14.4 Å². The van der Waals surface area contributed by atoms with Gasteiger partial charge >= 0.3 is 5.97 Å². The molecular formula is C9H6BrNO3S. The van der Waals surface area contributed by atoms with Crippen LogP contribution in [-0.4, -0.2) is 16.2 Å². The van der Waals surface area contributed by atoms with Gasteiger partial charge in [0.1, 0.15) is 0 Å². The van der Waals surface area contributed by atoms with Crippen LogP contribution in [0.2, 0.25) is 0 Å². The monoisotopic (exact) mass is 287 g/mol. The molecule has 0 spiro atoms. The van der Waals surface area contributed by atoms with E-state index in [1.54, 1.807) is 6.07 Å². The van der Waals surface area contributed by atoms with Crippen LogP contribution in [0.25, 0.3) is 10.6 Å². The second kappa shape index (κ2) is 4.16. The Balaban J connectivity index is 2.23. The highest BCUT2D eigenvalue weighted by molar-refractivity contribution is 9.10. The lowest BCUT2D eigenvalue weighted by molar-refractivity contribution is -0.136. The van der Waals surface area contributed by atoms with Gasteiger partial charge in [0.2, 0.25) is 0 Å². The van der Waals surface area contributed by atoms with Crippen LogP contribution in [0.5, 0.6) is 0 Å². The van der Waals surface area contributed by atoms with Gasteiger partial charge in [-0.1, -0.05) is 5.16 Å². The van der Waals surface area contributed by atoms with Crippen molar-refractivity contribution in [3.63, 3.8) is 0 Å². The Morgan fingerprint density at radius 3 is 3.00 bits per heavy atom. The highest BCUT2D eigenvalue weighted by Gasteiger charge is 2.10. The predicted molar refractivity (Wildman–Crippen MR) is 58.9 cm³/mol. The lowest BCUT2D eigenvalue weighted by Crippen LogP contribution is -1.99. The van der Waals surface area contributed by atoms with E-state index >= 15 is 0 Å². The van der Waals surface area contributed by atoms with Gasteiger partial charge in [0.05, 0.1) is 17.0 Å². The van der Waals surface area contributed by atoms with Gasteiger partial charge in [-0.15, -0.1) is 11.3 Å². The van der Waals surface area contributed by atoms with Crippen LogP contribution in [-0.2, 0) is 11.2 Å². The fourth-order valence-electron chi connectivity index (χ4n) is 1.11. The smallest absolute Gasteiger partial charge is 0.309 e. The average molecular weight is 288 g/mol. The Morgan fingerprint density at radius 1 is 1.60 bits per heavy atom.